The van der Waals surface area contributed by atoms with Crippen molar-refractivity contribution in [2.45, 2.75) is 34.9 Å². The summed E-state index contributed by atoms with van der Waals surface area (Å²) in [6.45, 7) is 4.63. The van der Waals surface area contributed by atoms with Crippen LogP contribution in [0.5, 0.6) is 0 Å². The summed E-state index contributed by atoms with van der Waals surface area (Å²) in [7, 11) is 0. The molecule has 0 radical (unpaired) electrons. The van der Waals surface area contributed by atoms with Gasteiger partial charge in [-0.15, -0.1) is 0 Å². The Hall–Kier alpha value is 0.423. The van der Waals surface area contributed by atoms with Gasteiger partial charge in [0.25, 0.3) is 0 Å². The van der Waals surface area contributed by atoms with Crippen molar-refractivity contribution in [1.82, 2.24) is 0 Å². The van der Waals surface area contributed by atoms with Crippen molar-refractivity contribution in [2.24, 2.45) is 0 Å². The molecule has 3 heteroatoms. The van der Waals surface area contributed by atoms with Crippen LogP contribution >= 0.6 is 0 Å². The van der Waals surface area contributed by atoms with Crippen molar-refractivity contribution in [3.63, 3.8) is 0 Å². The normalized spacial score (nSPS) is 22.0. The maximum absolute atomic E-state index is 2.44. The summed E-state index contributed by atoms with van der Waals surface area (Å²) in [5, 5.41) is 0. The molecular formula is C14H18Cl2Zr. The quantitative estimate of drug-likeness (QED) is 0.568. The first-order chi connectivity index (χ1) is 7.22. The van der Waals surface area contributed by atoms with Crippen LogP contribution in [-0.2, 0) is 20.3 Å². The Labute approximate surface area is 121 Å². The molecule has 0 N–H and O–H groups in total. The van der Waals surface area contributed by atoms with Gasteiger partial charge in [-0.2, -0.15) is 0 Å². The van der Waals surface area contributed by atoms with E-state index in [1.165, 1.54) is 12.8 Å². The predicted molar refractivity (Wildman–Crippen MR) is 62.5 cm³/mol. The van der Waals surface area contributed by atoms with E-state index in [0.717, 1.165) is 0 Å². The first-order valence-electron chi connectivity index (χ1n) is 5.96. The Morgan fingerprint density at radius 1 is 1.12 bits per heavy atom. The van der Waals surface area contributed by atoms with Crippen molar-refractivity contribution >= 4 is 0 Å². The van der Waals surface area contributed by atoms with Crippen LogP contribution in [0.2, 0.25) is 8.26 Å². The number of halogens is 2. The van der Waals surface area contributed by atoms with Crippen LogP contribution < -0.4 is 24.8 Å². The van der Waals surface area contributed by atoms with Gasteiger partial charge in [-0.3, -0.25) is 0 Å². The molecule has 1 heterocycles. The molecule has 0 nitrogen and oxygen atoms in total. The summed E-state index contributed by atoms with van der Waals surface area (Å²) in [6, 6.07) is 0. The molecule has 92 valence electrons. The van der Waals surface area contributed by atoms with Crippen LogP contribution in [0.1, 0.15) is 26.7 Å². The van der Waals surface area contributed by atoms with E-state index in [1.54, 1.807) is 19.4 Å². The second kappa shape index (κ2) is 5.60. The van der Waals surface area contributed by atoms with Crippen molar-refractivity contribution < 1.29 is 45.1 Å². The van der Waals surface area contributed by atoms with Crippen LogP contribution in [0.15, 0.2) is 42.0 Å². The Kier molecular flexibility index (Phi) is 5.10. The SMILES string of the molecule is CC1=CC(C)=[C]([Zr+2]2([C]3=CC=CC3)[CH2][CH2]2)C1.[Cl-].[Cl-]. The van der Waals surface area contributed by atoms with E-state index in [4.69, 9.17) is 0 Å². The molecule has 0 aromatic heterocycles. The maximum atomic E-state index is 2.44. The summed E-state index contributed by atoms with van der Waals surface area (Å²) >= 11 is -1.86. The number of hydrogen-bond donors (Lipinski definition) is 0. The van der Waals surface area contributed by atoms with Gasteiger partial charge in [-0.05, 0) is 0 Å². The number of hydrogen-bond acceptors (Lipinski definition) is 0. The Balaban J connectivity index is 0.000000722. The topological polar surface area (TPSA) is 0 Å². The van der Waals surface area contributed by atoms with Crippen LogP contribution in [0.25, 0.3) is 0 Å². The van der Waals surface area contributed by atoms with Gasteiger partial charge in [-0.1, -0.05) is 0 Å². The second-order valence-corrected chi connectivity index (χ2v) is 16.1. The summed E-state index contributed by atoms with van der Waals surface area (Å²) in [4.78, 5) is 0. The van der Waals surface area contributed by atoms with E-state index in [-0.39, 0.29) is 24.8 Å². The first-order valence-corrected chi connectivity index (χ1v) is 11.9. The Morgan fingerprint density at radius 3 is 2.24 bits per heavy atom. The molecule has 1 saturated heterocycles. The zero-order valence-corrected chi connectivity index (χ0v) is 14.4. The van der Waals surface area contributed by atoms with Gasteiger partial charge in [0.2, 0.25) is 0 Å². The van der Waals surface area contributed by atoms with Gasteiger partial charge in [0.1, 0.15) is 0 Å². The van der Waals surface area contributed by atoms with Gasteiger partial charge < -0.3 is 24.8 Å². The number of rotatable bonds is 2. The molecule has 0 unspecified atom stereocenters. The van der Waals surface area contributed by atoms with Crippen molar-refractivity contribution in [2.75, 3.05) is 0 Å². The fourth-order valence-electron chi connectivity index (χ4n) is 3.22. The fraction of sp³-hybridized carbons (Fsp3) is 0.429. The largest absolute Gasteiger partial charge is 1.00 e. The Bertz CT molecular complexity index is 437. The van der Waals surface area contributed by atoms with Crippen LogP contribution in [-0.4, -0.2) is 0 Å². The van der Waals surface area contributed by atoms with Crippen molar-refractivity contribution in [1.29, 1.82) is 0 Å². The molecule has 0 amide bonds. The molecule has 1 fully saturated rings. The smallest absolute Gasteiger partial charge is 1.00 e. The van der Waals surface area contributed by atoms with Crippen molar-refractivity contribution in [3.05, 3.63) is 42.0 Å². The molecule has 0 spiro atoms. The van der Waals surface area contributed by atoms with E-state index >= 15 is 0 Å². The van der Waals surface area contributed by atoms with Gasteiger partial charge >= 0.3 is 97.2 Å². The minimum atomic E-state index is -1.86. The molecule has 2 aliphatic carbocycles. The third-order valence-corrected chi connectivity index (χ3v) is 16.0. The molecule has 3 rings (SSSR count). The monoisotopic (exact) mass is 346 g/mol. The molecule has 0 bridgehead atoms. The summed E-state index contributed by atoms with van der Waals surface area (Å²) in [5.41, 5.74) is 3.23. The van der Waals surface area contributed by atoms with E-state index in [1.807, 2.05) is 6.56 Å². The van der Waals surface area contributed by atoms with Crippen LogP contribution in [0.3, 0.4) is 0 Å². The average molecular weight is 348 g/mol. The van der Waals surface area contributed by atoms with E-state index in [2.05, 4.69) is 38.2 Å². The van der Waals surface area contributed by atoms with Gasteiger partial charge in [0.15, 0.2) is 0 Å². The molecule has 17 heavy (non-hydrogen) atoms. The molecular weight excluding hydrogens is 330 g/mol. The van der Waals surface area contributed by atoms with Crippen molar-refractivity contribution in [3.8, 4) is 0 Å². The zero-order valence-electron chi connectivity index (χ0n) is 10.4. The summed E-state index contributed by atoms with van der Waals surface area (Å²) in [6.07, 6.45) is 12.1. The standard InChI is InChI=1S/C7H9.C5H5.C2H4.2ClH.Zr/c1-6-3-4-7(2)5-6;1-2-4-5-3-1;1-2;;;/h5H,3H2,1-2H3;1-3H,4H2;1-2H2;2*1H;/q;;;;;+2/p-2. The Morgan fingerprint density at radius 2 is 1.82 bits per heavy atom. The van der Waals surface area contributed by atoms with E-state index < -0.39 is 20.3 Å². The molecule has 0 aromatic carbocycles. The molecule has 0 aromatic rings. The van der Waals surface area contributed by atoms with Crippen LogP contribution in [0.4, 0.5) is 0 Å². The minimum absolute atomic E-state index is 0. The summed E-state index contributed by atoms with van der Waals surface area (Å²) < 4.78 is 6.99. The third-order valence-electron chi connectivity index (χ3n) is 4.11. The van der Waals surface area contributed by atoms with Gasteiger partial charge in [0, 0.05) is 0 Å². The number of allylic oxidation sites excluding steroid dienone is 8. The molecule has 0 atom stereocenters. The van der Waals surface area contributed by atoms with Gasteiger partial charge in [-0.25, -0.2) is 0 Å². The fourth-order valence-corrected chi connectivity index (χ4v) is 17.3. The molecule has 3 aliphatic rings. The van der Waals surface area contributed by atoms with E-state index in [9.17, 15) is 0 Å². The molecule has 0 saturated carbocycles. The van der Waals surface area contributed by atoms with Gasteiger partial charge in [0.05, 0.1) is 0 Å². The van der Waals surface area contributed by atoms with Crippen LogP contribution in [0, 0.1) is 0 Å². The minimum Gasteiger partial charge on any atom is -1.00 e. The average Bonchev–Trinajstić information content (AvgIpc) is 2.68. The van der Waals surface area contributed by atoms with E-state index in [0.29, 0.717) is 0 Å². The first kappa shape index (κ1) is 15.5. The zero-order chi connectivity index (χ0) is 10.5. The third kappa shape index (κ3) is 2.58. The predicted octanol–water partition coefficient (Wildman–Crippen LogP) is -1.53. The maximum Gasteiger partial charge on any atom is -1.00 e. The molecule has 1 aliphatic heterocycles. The summed E-state index contributed by atoms with van der Waals surface area (Å²) in [5.74, 6) is 0. The second-order valence-electron chi connectivity index (χ2n) is 5.24.